The molecule has 0 unspecified atom stereocenters. The van der Waals surface area contributed by atoms with Crippen LogP contribution in [0.3, 0.4) is 0 Å². The van der Waals surface area contributed by atoms with Gasteiger partial charge in [0.15, 0.2) is 5.78 Å². The van der Waals surface area contributed by atoms with E-state index in [-0.39, 0.29) is 35.0 Å². The standard InChI is InChI=1S/C23H32O4/c1-13(24)18-7-8-19-17-6-5-15-11-16(27-14(2)25)9-10-22(15,3)20(17)12-21(26)23(18,19)4/h7,15-17,19-20H,5-6,8-12H2,1-4H3/t15-,16+,17-,19+,20+,22-,23+/m0/s1. The van der Waals surface area contributed by atoms with E-state index >= 15 is 0 Å². The van der Waals surface area contributed by atoms with Crippen molar-refractivity contribution in [3.63, 3.8) is 0 Å². The van der Waals surface area contributed by atoms with E-state index in [2.05, 4.69) is 13.0 Å². The molecule has 4 heteroatoms. The van der Waals surface area contributed by atoms with Gasteiger partial charge in [-0.1, -0.05) is 13.0 Å². The molecule has 4 aliphatic rings. The summed E-state index contributed by atoms with van der Waals surface area (Å²) in [6.07, 6.45) is 8.72. The predicted octanol–water partition coefficient (Wildman–Crippen LogP) is 4.27. The van der Waals surface area contributed by atoms with Gasteiger partial charge in [0.05, 0.1) is 5.41 Å². The monoisotopic (exact) mass is 372 g/mol. The number of esters is 1. The molecule has 4 rings (SSSR count). The average Bonchev–Trinajstić information content (AvgIpc) is 2.95. The lowest BCUT2D eigenvalue weighted by Crippen LogP contribution is -2.57. The fourth-order valence-electron chi connectivity index (χ4n) is 7.38. The highest BCUT2D eigenvalue weighted by Gasteiger charge is 2.62. The Morgan fingerprint density at radius 2 is 1.85 bits per heavy atom. The van der Waals surface area contributed by atoms with Gasteiger partial charge < -0.3 is 4.74 Å². The summed E-state index contributed by atoms with van der Waals surface area (Å²) in [5.41, 5.74) is 0.350. The first-order valence-electron chi connectivity index (χ1n) is 10.6. The van der Waals surface area contributed by atoms with Gasteiger partial charge in [-0.2, -0.15) is 0 Å². The van der Waals surface area contributed by atoms with E-state index in [1.165, 1.54) is 6.92 Å². The van der Waals surface area contributed by atoms with E-state index < -0.39 is 5.41 Å². The van der Waals surface area contributed by atoms with Gasteiger partial charge in [-0.15, -0.1) is 0 Å². The number of Topliss-reactive ketones (excluding diaryl/α,β-unsaturated/α-hetero) is 2. The SMILES string of the molecule is CC(=O)O[C@@H]1CC[C@@]2(C)[C@@H](CC[C@H]3[C@H]4CC=C(C(C)=O)[C@@]4(C)C(=O)C[C@H]32)C1. The van der Waals surface area contributed by atoms with Crippen molar-refractivity contribution in [3.8, 4) is 0 Å². The molecule has 7 atom stereocenters. The third kappa shape index (κ3) is 2.66. The minimum Gasteiger partial charge on any atom is -0.463 e. The number of rotatable bonds is 2. The molecule has 4 aliphatic carbocycles. The molecule has 3 saturated carbocycles. The zero-order chi connectivity index (χ0) is 19.6. The van der Waals surface area contributed by atoms with Crippen LogP contribution in [-0.2, 0) is 19.1 Å². The highest BCUT2D eigenvalue weighted by molar-refractivity contribution is 6.04. The Morgan fingerprint density at radius 1 is 1.11 bits per heavy atom. The number of hydrogen-bond acceptors (Lipinski definition) is 4. The van der Waals surface area contributed by atoms with Gasteiger partial charge in [-0.25, -0.2) is 0 Å². The topological polar surface area (TPSA) is 60.4 Å². The molecule has 0 bridgehead atoms. The Bertz CT molecular complexity index is 722. The van der Waals surface area contributed by atoms with Crippen molar-refractivity contribution < 1.29 is 19.1 Å². The minimum atomic E-state index is -0.564. The van der Waals surface area contributed by atoms with Crippen LogP contribution < -0.4 is 0 Å². The largest absolute Gasteiger partial charge is 0.463 e. The quantitative estimate of drug-likeness (QED) is 0.679. The molecule has 0 saturated heterocycles. The van der Waals surface area contributed by atoms with Gasteiger partial charge in [-0.05, 0) is 81.5 Å². The number of ketones is 2. The van der Waals surface area contributed by atoms with E-state index in [9.17, 15) is 14.4 Å². The number of carbonyl (C=O) groups is 3. The predicted molar refractivity (Wildman–Crippen MR) is 102 cm³/mol. The van der Waals surface area contributed by atoms with Crippen LogP contribution in [0.1, 0.15) is 72.6 Å². The maximum atomic E-state index is 13.3. The number of carbonyl (C=O) groups excluding carboxylic acids is 3. The molecule has 0 aromatic heterocycles. The molecule has 0 spiro atoms. The summed E-state index contributed by atoms with van der Waals surface area (Å²) in [4.78, 5) is 36.9. The van der Waals surface area contributed by atoms with Crippen molar-refractivity contribution in [3.05, 3.63) is 11.6 Å². The molecular formula is C23H32O4. The number of fused-ring (bicyclic) bond motifs is 5. The molecule has 0 aliphatic heterocycles. The molecule has 4 nitrogen and oxygen atoms in total. The third-order valence-corrected chi connectivity index (χ3v) is 8.79. The van der Waals surface area contributed by atoms with Gasteiger partial charge in [-0.3, -0.25) is 14.4 Å². The lowest BCUT2D eigenvalue weighted by Gasteiger charge is -2.60. The zero-order valence-electron chi connectivity index (χ0n) is 17.0. The number of allylic oxidation sites excluding steroid dienone is 2. The summed E-state index contributed by atoms with van der Waals surface area (Å²) >= 11 is 0. The third-order valence-electron chi connectivity index (χ3n) is 8.79. The van der Waals surface area contributed by atoms with Crippen molar-refractivity contribution in [2.75, 3.05) is 0 Å². The Kier molecular flexibility index (Phi) is 4.40. The lowest BCUT2D eigenvalue weighted by atomic mass is 9.44. The molecule has 148 valence electrons. The molecule has 27 heavy (non-hydrogen) atoms. The van der Waals surface area contributed by atoms with Crippen molar-refractivity contribution in [1.29, 1.82) is 0 Å². The second-order valence-electron chi connectivity index (χ2n) is 9.90. The van der Waals surface area contributed by atoms with Crippen LogP contribution in [0.5, 0.6) is 0 Å². The zero-order valence-corrected chi connectivity index (χ0v) is 17.0. The van der Waals surface area contributed by atoms with Crippen LogP contribution in [0.15, 0.2) is 11.6 Å². The van der Waals surface area contributed by atoms with Crippen LogP contribution in [0.4, 0.5) is 0 Å². The fourth-order valence-corrected chi connectivity index (χ4v) is 7.38. The molecule has 3 fully saturated rings. The first-order valence-corrected chi connectivity index (χ1v) is 10.6. The minimum absolute atomic E-state index is 0.0409. The highest BCUT2D eigenvalue weighted by atomic mass is 16.5. The van der Waals surface area contributed by atoms with Crippen LogP contribution in [-0.4, -0.2) is 23.6 Å². The molecule has 0 radical (unpaired) electrons. The van der Waals surface area contributed by atoms with Gasteiger partial charge in [0.25, 0.3) is 0 Å². The van der Waals surface area contributed by atoms with E-state index in [1.807, 2.05) is 6.92 Å². The van der Waals surface area contributed by atoms with Crippen LogP contribution in [0.2, 0.25) is 0 Å². The molecular weight excluding hydrogens is 340 g/mol. The van der Waals surface area contributed by atoms with E-state index in [1.54, 1.807) is 6.92 Å². The maximum absolute atomic E-state index is 13.3. The first-order chi connectivity index (χ1) is 12.7. The van der Waals surface area contributed by atoms with Gasteiger partial charge in [0, 0.05) is 18.9 Å². The Labute approximate surface area is 162 Å². The van der Waals surface area contributed by atoms with Gasteiger partial charge >= 0.3 is 5.97 Å². The molecule has 0 N–H and O–H groups in total. The summed E-state index contributed by atoms with van der Waals surface area (Å²) in [5, 5.41) is 0. The highest BCUT2D eigenvalue weighted by Crippen LogP contribution is 2.65. The number of hydrogen-bond donors (Lipinski definition) is 0. The average molecular weight is 373 g/mol. The summed E-state index contributed by atoms with van der Waals surface area (Å²) in [6.45, 7) is 7.50. The second kappa shape index (κ2) is 6.28. The van der Waals surface area contributed by atoms with Crippen molar-refractivity contribution in [1.82, 2.24) is 0 Å². The normalized spacial score (nSPS) is 46.0. The summed E-state index contributed by atoms with van der Waals surface area (Å²) in [7, 11) is 0. The van der Waals surface area contributed by atoms with E-state index in [4.69, 9.17) is 4.74 Å². The van der Waals surface area contributed by atoms with Crippen LogP contribution >= 0.6 is 0 Å². The molecule has 0 aromatic rings. The molecule has 0 heterocycles. The smallest absolute Gasteiger partial charge is 0.302 e. The fraction of sp³-hybridized carbons (Fsp3) is 0.783. The van der Waals surface area contributed by atoms with Crippen LogP contribution in [0, 0.1) is 34.5 Å². The first kappa shape index (κ1) is 18.9. The Morgan fingerprint density at radius 3 is 2.52 bits per heavy atom. The Hall–Kier alpha value is -1.45. The Balaban J connectivity index is 1.60. The summed E-state index contributed by atoms with van der Waals surface area (Å²) in [5.74, 6) is 1.88. The summed E-state index contributed by atoms with van der Waals surface area (Å²) in [6, 6.07) is 0. The van der Waals surface area contributed by atoms with Gasteiger partial charge in [0.2, 0.25) is 0 Å². The molecule has 0 aromatic carbocycles. The van der Waals surface area contributed by atoms with E-state index in [0.717, 1.165) is 44.1 Å². The lowest BCUT2D eigenvalue weighted by molar-refractivity contribution is -0.163. The van der Waals surface area contributed by atoms with E-state index in [0.29, 0.717) is 24.2 Å². The molecule has 0 amide bonds. The maximum Gasteiger partial charge on any atom is 0.302 e. The summed E-state index contributed by atoms with van der Waals surface area (Å²) < 4.78 is 5.52. The van der Waals surface area contributed by atoms with Crippen molar-refractivity contribution >= 4 is 17.5 Å². The van der Waals surface area contributed by atoms with Gasteiger partial charge in [0.1, 0.15) is 11.9 Å². The van der Waals surface area contributed by atoms with Crippen molar-refractivity contribution in [2.45, 2.75) is 78.7 Å². The second-order valence-corrected chi connectivity index (χ2v) is 9.90. The van der Waals surface area contributed by atoms with Crippen molar-refractivity contribution in [2.24, 2.45) is 34.5 Å². The number of ether oxygens (including phenoxy) is 1. The van der Waals surface area contributed by atoms with Crippen LogP contribution in [0.25, 0.3) is 0 Å².